The fourth-order valence-electron chi connectivity index (χ4n) is 2.81. The number of rotatable bonds is 4. The Morgan fingerprint density at radius 2 is 1.92 bits per heavy atom. The number of carbonyl (C=O) groups is 1. The highest BCUT2D eigenvalue weighted by molar-refractivity contribution is 7.14. The Morgan fingerprint density at radius 3 is 2.69 bits per heavy atom. The van der Waals surface area contributed by atoms with Gasteiger partial charge in [-0.3, -0.25) is 10.1 Å². The van der Waals surface area contributed by atoms with Gasteiger partial charge in [-0.2, -0.15) is 5.10 Å². The second-order valence-corrected chi connectivity index (χ2v) is 7.12. The summed E-state index contributed by atoms with van der Waals surface area (Å²) in [7, 11) is 0. The molecule has 5 nitrogen and oxygen atoms in total. The van der Waals surface area contributed by atoms with Gasteiger partial charge in [0.15, 0.2) is 5.13 Å². The largest absolute Gasteiger partial charge is 0.309 e. The van der Waals surface area contributed by atoms with Crippen molar-refractivity contribution in [3.63, 3.8) is 0 Å². The van der Waals surface area contributed by atoms with Crippen molar-refractivity contribution < 1.29 is 4.79 Å². The Balaban J connectivity index is 1.49. The van der Waals surface area contributed by atoms with Gasteiger partial charge in [0.05, 0.1) is 11.6 Å². The molecule has 130 valence electrons. The molecule has 3 aromatic rings. The SMILES string of the molecule is O=C(Nc1nc(-c2ccc(Cl)cc2)cs1)C1=NNCC1c1ccccc1. The maximum Gasteiger partial charge on any atom is 0.274 e. The number of anilines is 1. The third-order valence-electron chi connectivity index (χ3n) is 4.12. The molecule has 7 heteroatoms. The summed E-state index contributed by atoms with van der Waals surface area (Å²) in [5.41, 5.74) is 6.21. The number of nitrogens with one attached hydrogen (secondary N) is 2. The third-order valence-corrected chi connectivity index (χ3v) is 5.13. The Labute approximate surface area is 159 Å². The Kier molecular flexibility index (Phi) is 4.69. The van der Waals surface area contributed by atoms with Crippen LogP contribution in [-0.4, -0.2) is 23.1 Å². The highest BCUT2D eigenvalue weighted by Gasteiger charge is 2.29. The number of hydrogen-bond acceptors (Lipinski definition) is 5. The molecule has 0 spiro atoms. The summed E-state index contributed by atoms with van der Waals surface area (Å²) in [6.07, 6.45) is 0. The molecule has 0 fully saturated rings. The zero-order valence-electron chi connectivity index (χ0n) is 13.6. The van der Waals surface area contributed by atoms with E-state index in [4.69, 9.17) is 11.6 Å². The summed E-state index contributed by atoms with van der Waals surface area (Å²) < 4.78 is 0. The first kappa shape index (κ1) is 16.8. The molecule has 1 atom stereocenters. The molecule has 0 saturated heterocycles. The number of hydrogen-bond donors (Lipinski definition) is 2. The van der Waals surface area contributed by atoms with Crippen LogP contribution >= 0.6 is 22.9 Å². The number of halogens is 1. The minimum absolute atomic E-state index is 0.0631. The molecule has 0 bridgehead atoms. The van der Waals surface area contributed by atoms with Gasteiger partial charge in [-0.15, -0.1) is 11.3 Å². The number of nitrogens with zero attached hydrogens (tertiary/aromatic N) is 2. The van der Waals surface area contributed by atoms with Gasteiger partial charge in [-0.25, -0.2) is 4.98 Å². The zero-order chi connectivity index (χ0) is 17.9. The van der Waals surface area contributed by atoms with Crippen LogP contribution in [0.3, 0.4) is 0 Å². The van der Waals surface area contributed by atoms with E-state index >= 15 is 0 Å². The number of benzene rings is 2. The molecular weight excluding hydrogens is 368 g/mol. The van der Waals surface area contributed by atoms with Crippen LogP contribution in [0.5, 0.6) is 0 Å². The predicted molar refractivity (Wildman–Crippen MR) is 106 cm³/mol. The average Bonchev–Trinajstić information content (AvgIpc) is 3.32. The van der Waals surface area contributed by atoms with Crippen molar-refractivity contribution in [3.05, 3.63) is 70.6 Å². The van der Waals surface area contributed by atoms with Gasteiger partial charge >= 0.3 is 0 Å². The molecule has 2 N–H and O–H groups in total. The van der Waals surface area contributed by atoms with Crippen molar-refractivity contribution in [1.82, 2.24) is 10.4 Å². The van der Waals surface area contributed by atoms with Gasteiger partial charge in [0.2, 0.25) is 0 Å². The first-order valence-corrected chi connectivity index (χ1v) is 9.34. The molecule has 2 aromatic carbocycles. The van der Waals surface area contributed by atoms with Crippen molar-refractivity contribution in [2.24, 2.45) is 5.10 Å². The molecule has 1 aromatic heterocycles. The van der Waals surface area contributed by atoms with Crippen molar-refractivity contribution in [2.45, 2.75) is 5.92 Å². The van der Waals surface area contributed by atoms with Gasteiger partial charge < -0.3 is 5.43 Å². The van der Waals surface area contributed by atoms with Gasteiger partial charge in [0, 0.05) is 22.5 Å². The van der Waals surface area contributed by atoms with Crippen LogP contribution in [0.1, 0.15) is 11.5 Å². The van der Waals surface area contributed by atoms with E-state index in [2.05, 4.69) is 20.8 Å². The molecule has 1 amide bonds. The van der Waals surface area contributed by atoms with Gasteiger partial charge in [0.25, 0.3) is 5.91 Å². The lowest BCUT2D eigenvalue weighted by Crippen LogP contribution is -2.27. The summed E-state index contributed by atoms with van der Waals surface area (Å²) in [5.74, 6) is -0.298. The summed E-state index contributed by atoms with van der Waals surface area (Å²) in [4.78, 5) is 17.1. The van der Waals surface area contributed by atoms with Crippen molar-refractivity contribution >= 4 is 39.7 Å². The lowest BCUT2D eigenvalue weighted by Gasteiger charge is -2.11. The highest BCUT2D eigenvalue weighted by Crippen LogP contribution is 2.27. The van der Waals surface area contributed by atoms with E-state index in [0.717, 1.165) is 16.8 Å². The van der Waals surface area contributed by atoms with Crippen LogP contribution in [0.25, 0.3) is 11.3 Å². The minimum atomic E-state index is -0.235. The lowest BCUT2D eigenvalue weighted by molar-refractivity contribution is -0.110. The van der Waals surface area contributed by atoms with E-state index < -0.39 is 0 Å². The fourth-order valence-corrected chi connectivity index (χ4v) is 3.65. The number of carbonyl (C=O) groups excluding carboxylic acids is 1. The van der Waals surface area contributed by atoms with Crippen LogP contribution in [0, 0.1) is 0 Å². The second-order valence-electron chi connectivity index (χ2n) is 5.82. The van der Waals surface area contributed by atoms with Crippen molar-refractivity contribution in [1.29, 1.82) is 0 Å². The average molecular weight is 383 g/mol. The zero-order valence-corrected chi connectivity index (χ0v) is 15.2. The number of thiazole rings is 1. The lowest BCUT2D eigenvalue weighted by atomic mass is 9.94. The van der Waals surface area contributed by atoms with E-state index in [1.165, 1.54) is 11.3 Å². The normalized spacial score (nSPS) is 16.0. The molecule has 1 aliphatic heterocycles. The molecule has 26 heavy (non-hydrogen) atoms. The summed E-state index contributed by atoms with van der Waals surface area (Å²) in [6, 6.07) is 17.3. The molecule has 1 unspecified atom stereocenters. The molecular formula is C19H15ClN4OS. The third kappa shape index (κ3) is 3.47. The first-order valence-electron chi connectivity index (χ1n) is 8.09. The first-order chi connectivity index (χ1) is 12.7. The number of hydrazone groups is 1. The Bertz CT molecular complexity index is 953. The van der Waals surface area contributed by atoms with Gasteiger partial charge in [-0.05, 0) is 17.7 Å². The van der Waals surface area contributed by atoms with E-state index in [0.29, 0.717) is 22.4 Å². The standard InChI is InChI=1S/C19H15ClN4OS/c20-14-8-6-13(7-9-14)16-11-26-19(22-16)23-18(25)17-15(10-21-24-17)12-4-2-1-3-5-12/h1-9,11,15,21H,10H2,(H,22,23,25). The second kappa shape index (κ2) is 7.27. The highest BCUT2D eigenvalue weighted by atomic mass is 35.5. The van der Waals surface area contributed by atoms with Crippen LogP contribution < -0.4 is 10.7 Å². The molecule has 0 saturated carbocycles. The van der Waals surface area contributed by atoms with E-state index in [9.17, 15) is 4.79 Å². The summed E-state index contributed by atoms with van der Waals surface area (Å²) >= 11 is 7.30. The van der Waals surface area contributed by atoms with E-state index in [-0.39, 0.29) is 11.8 Å². The fraction of sp³-hybridized carbons (Fsp3) is 0.105. The summed E-state index contributed by atoms with van der Waals surface area (Å²) in [6.45, 7) is 0.612. The topological polar surface area (TPSA) is 66.4 Å². The van der Waals surface area contributed by atoms with Gasteiger partial charge in [-0.1, -0.05) is 54.1 Å². The molecule has 4 rings (SSSR count). The minimum Gasteiger partial charge on any atom is -0.309 e. The maximum atomic E-state index is 12.7. The van der Waals surface area contributed by atoms with Crippen molar-refractivity contribution in [3.8, 4) is 11.3 Å². The maximum absolute atomic E-state index is 12.7. The monoisotopic (exact) mass is 382 g/mol. The van der Waals surface area contributed by atoms with Crippen LogP contribution in [0.15, 0.2) is 65.1 Å². The molecule has 0 aliphatic carbocycles. The van der Waals surface area contributed by atoms with E-state index in [1.807, 2.05) is 60.0 Å². The molecule has 0 radical (unpaired) electrons. The van der Waals surface area contributed by atoms with Crippen LogP contribution in [0.4, 0.5) is 5.13 Å². The smallest absolute Gasteiger partial charge is 0.274 e. The Hall–Kier alpha value is -2.70. The van der Waals surface area contributed by atoms with Crippen LogP contribution in [-0.2, 0) is 4.79 Å². The number of amides is 1. The molecule has 1 aliphatic rings. The summed E-state index contributed by atoms with van der Waals surface area (Å²) in [5, 5.41) is 10.2. The van der Waals surface area contributed by atoms with Crippen molar-refractivity contribution in [2.75, 3.05) is 11.9 Å². The van der Waals surface area contributed by atoms with Crippen LogP contribution in [0.2, 0.25) is 5.02 Å². The van der Waals surface area contributed by atoms with Gasteiger partial charge in [0.1, 0.15) is 5.71 Å². The Morgan fingerprint density at radius 1 is 1.15 bits per heavy atom. The van der Waals surface area contributed by atoms with E-state index in [1.54, 1.807) is 0 Å². The molecule has 2 heterocycles. The predicted octanol–water partition coefficient (Wildman–Crippen LogP) is 4.15. The number of aromatic nitrogens is 1. The quantitative estimate of drug-likeness (QED) is 0.712.